The van der Waals surface area contributed by atoms with Gasteiger partial charge in [-0.25, -0.2) is 9.18 Å². The Hall–Kier alpha value is -1.83. The van der Waals surface area contributed by atoms with Crippen molar-refractivity contribution >= 4 is 11.8 Å². The summed E-state index contributed by atoms with van der Waals surface area (Å²) in [6.07, 6.45) is -5.82. The van der Waals surface area contributed by atoms with Crippen LogP contribution in [0.15, 0.2) is 18.2 Å². The second-order valence-electron chi connectivity index (χ2n) is 5.52. The number of aliphatic hydroxyl groups excluding tert-OH is 1. The Morgan fingerprint density at radius 3 is 2.32 bits per heavy atom. The molecular formula is C14H17F4NO3. The number of hydrogen-bond donors (Lipinski definition) is 1. The third kappa shape index (κ3) is 4.87. The van der Waals surface area contributed by atoms with Crippen LogP contribution in [-0.4, -0.2) is 30.0 Å². The van der Waals surface area contributed by atoms with E-state index < -0.39 is 35.9 Å². The zero-order valence-corrected chi connectivity index (χ0v) is 12.4. The van der Waals surface area contributed by atoms with Crippen molar-refractivity contribution in [2.45, 2.75) is 32.5 Å². The molecule has 1 aromatic carbocycles. The predicted molar refractivity (Wildman–Crippen MR) is 72.1 cm³/mol. The Labute approximate surface area is 125 Å². The van der Waals surface area contributed by atoms with E-state index in [9.17, 15) is 22.4 Å². The van der Waals surface area contributed by atoms with Crippen LogP contribution in [0.2, 0.25) is 0 Å². The molecule has 0 aromatic heterocycles. The fraction of sp³-hybridized carbons (Fsp3) is 0.500. The lowest BCUT2D eigenvalue weighted by Crippen LogP contribution is -2.38. The van der Waals surface area contributed by atoms with Crippen molar-refractivity contribution in [3.05, 3.63) is 29.6 Å². The summed E-state index contributed by atoms with van der Waals surface area (Å²) in [7, 11) is 0. The Morgan fingerprint density at radius 1 is 1.27 bits per heavy atom. The van der Waals surface area contributed by atoms with Crippen LogP contribution < -0.4 is 4.90 Å². The van der Waals surface area contributed by atoms with E-state index in [1.807, 2.05) is 0 Å². The van der Waals surface area contributed by atoms with E-state index in [1.165, 1.54) is 0 Å². The summed E-state index contributed by atoms with van der Waals surface area (Å²) in [6.45, 7) is 4.01. The molecule has 4 nitrogen and oxygen atoms in total. The monoisotopic (exact) mass is 323 g/mol. The van der Waals surface area contributed by atoms with Crippen LogP contribution in [0.5, 0.6) is 0 Å². The standard InChI is InChI=1S/C14H17F4NO3/c1-13(2,3)22-12(21)19(6-7-20)9-4-5-11(15)10(8-9)14(16,17)18/h4-5,8,20H,6-7H2,1-3H3. The number of carbonyl (C=O) groups excluding carboxylic acids is 1. The number of carbonyl (C=O) groups is 1. The molecule has 1 aromatic rings. The summed E-state index contributed by atoms with van der Waals surface area (Å²) in [6, 6.07) is 2.14. The molecule has 0 radical (unpaired) electrons. The molecule has 0 bridgehead atoms. The molecule has 124 valence electrons. The first-order valence-electron chi connectivity index (χ1n) is 6.44. The maximum absolute atomic E-state index is 13.3. The van der Waals surface area contributed by atoms with Crippen molar-refractivity contribution in [2.24, 2.45) is 0 Å². The normalized spacial score (nSPS) is 12.2. The summed E-state index contributed by atoms with van der Waals surface area (Å²) in [4.78, 5) is 12.8. The number of rotatable bonds is 3. The van der Waals surface area contributed by atoms with Gasteiger partial charge in [0.05, 0.1) is 18.7 Å². The fourth-order valence-electron chi connectivity index (χ4n) is 1.64. The average Bonchev–Trinajstić information content (AvgIpc) is 2.33. The van der Waals surface area contributed by atoms with Gasteiger partial charge < -0.3 is 9.84 Å². The predicted octanol–water partition coefficient (Wildman–Crippen LogP) is 3.58. The number of halogens is 4. The van der Waals surface area contributed by atoms with E-state index >= 15 is 0 Å². The lowest BCUT2D eigenvalue weighted by molar-refractivity contribution is -0.139. The molecule has 0 aliphatic heterocycles. The highest BCUT2D eigenvalue weighted by molar-refractivity contribution is 5.88. The highest BCUT2D eigenvalue weighted by atomic mass is 19.4. The van der Waals surface area contributed by atoms with Gasteiger partial charge >= 0.3 is 12.3 Å². The third-order valence-electron chi connectivity index (χ3n) is 2.50. The van der Waals surface area contributed by atoms with Gasteiger partial charge in [0, 0.05) is 5.69 Å². The second-order valence-corrected chi connectivity index (χ2v) is 5.52. The minimum atomic E-state index is -4.89. The van der Waals surface area contributed by atoms with Crippen LogP contribution in [0.3, 0.4) is 0 Å². The van der Waals surface area contributed by atoms with Crippen molar-refractivity contribution < 1.29 is 32.2 Å². The molecular weight excluding hydrogens is 306 g/mol. The van der Waals surface area contributed by atoms with Gasteiger partial charge in [0.15, 0.2) is 0 Å². The largest absolute Gasteiger partial charge is 0.443 e. The molecule has 0 atom stereocenters. The van der Waals surface area contributed by atoms with Crippen molar-refractivity contribution in [1.29, 1.82) is 0 Å². The molecule has 0 spiro atoms. The van der Waals surface area contributed by atoms with E-state index in [0.29, 0.717) is 12.1 Å². The minimum absolute atomic E-state index is 0.211. The van der Waals surface area contributed by atoms with Crippen LogP contribution in [0, 0.1) is 5.82 Å². The van der Waals surface area contributed by atoms with E-state index in [0.717, 1.165) is 11.0 Å². The molecule has 0 saturated carbocycles. The number of anilines is 1. The summed E-state index contributed by atoms with van der Waals surface area (Å²) in [5.41, 5.74) is -2.56. The Balaban J connectivity index is 3.19. The van der Waals surface area contributed by atoms with Gasteiger partial charge in [-0.3, -0.25) is 4.90 Å². The first kappa shape index (κ1) is 18.2. The van der Waals surface area contributed by atoms with Gasteiger partial charge in [-0.2, -0.15) is 13.2 Å². The summed E-state index contributed by atoms with van der Waals surface area (Å²) in [5, 5.41) is 8.98. The van der Waals surface area contributed by atoms with Crippen LogP contribution in [0.25, 0.3) is 0 Å². The molecule has 0 saturated heterocycles. The second kappa shape index (κ2) is 6.51. The average molecular weight is 323 g/mol. The molecule has 0 heterocycles. The van der Waals surface area contributed by atoms with Crippen molar-refractivity contribution in [2.75, 3.05) is 18.1 Å². The van der Waals surface area contributed by atoms with Gasteiger partial charge in [0.1, 0.15) is 11.4 Å². The van der Waals surface area contributed by atoms with Gasteiger partial charge in [0.25, 0.3) is 0 Å². The number of hydrogen-bond acceptors (Lipinski definition) is 3. The smallest absolute Gasteiger partial charge is 0.419 e. The van der Waals surface area contributed by atoms with Crippen molar-refractivity contribution in [1.82, 2.24) is 0 Å². The maximum Gasteiger partial charge on any atom is 0.419 e. The van der Waals surface area contributed by atoms with Crippen molar-refractivity contribution in [3.63, 3.8) is 0 Å². The minimum Gasteiger partial charge on any atom is -0.443 e. The molecule has 0 aliphatic rings. The number of alkyl halides is 3. The van der Waals surface area contributed by atoms with E-state index in [1.54, 1.807) is 20.8 Å². The van der Waals surface area contributed by atoms with Crippen LogP contribution in [0.1, 0.15) is 26.3 Å². The van der Waals surface area contributed by atoms with Crippen molar-refractivity contribution in [3.8, 4) is 0 Å². The zero-order valence-electron chi connectivity index (χ0n) is 12.4. The highest BCUT2D eigenvalue weighted by Gasteiger charge is 2.35. The number of nitrogens with zero attached hydrogens (tertiary/aromatic N) is 1. The molecule has 1 N–H and O–H groups in total. The number of benzene rings is 1. The fourth-order valence-corrected chi connectivity index (χ4v) is 1.64. The summed E-state index contributed by atoms with van der Waals surface area (Å²) >= 11 is 0. The summed E-state index contributed by atoms with van der Waals surface area (Å²) in [5.74, 6) is -1.44. The van der Waals surface area contributed by atoms with Crippen LogP contribution in [-0.2, 0) is 10.9 Å². The maximum atomic E-state index is 13.3. The van der Waals surface area contributed by atoms with Gasteiger partial charge in [0.2, 0.25) is 0 Å². The number of ether oxygens (including phenoxy) is 1. The highest BCUT2D eigenvalue weighted by Crippen LogP contribution is 2.34. The number of amides is 1. The molecule has 0 unspecified atom stereocenters. The van der Waals surface area contributed by atoms with Gasteiger partial charge in [-0.15, -0.1) is 0 Å². The third-order valence-corrected chi connectivity index (χ3v) is 2.50. The SMILES string of the molecule is CC(C)(C)OC(=O)N(CCO)c1ccc(F)c(C(F)(F)F)c1. The summed E-state index contributed by atoms with van der Waals surface area (Å²) < 4.78 is 56.5. The number of aliphatic hydroxyl groups is 1. The van der Waals surface area contributed by atoms with Gasteiger partial charge in [-0.1, -0.05) is 0 Å². The van der Waals surface area contributed by atoms with E-state index in [-0.39, 0.29) is 12.2 Å². The van der Waals surface area contributed by atoms with E-state index in [4.69, 9.17) is 9.84 Å². The topological polar surface area (TPSA) is 49.8 Å². The Kier molecular flexibility index (Phi) is 5.39. The Morgan fingerprint density at radius 2 is 1.86 bits per heavy atom. The lowest BCUT2D eigenvalue weighted by atomic mass is 10.1. The molecule has 0 aliphatic carbocycles. The molecule has 0 fully saturated rings. The zero-order chi connectivity index (χ0) is 17.1. The van der Waals surface area contributed by atoms with Crippen LogP contribution in [0.4, 0.5) is 28.0 Å². The van der Waals surface area contributed by atoms with E-state index in [2.05, 4.69) is 0 Å². The van der Waals surface area contributed by atoms with Gasteiger partial charge in [-0.05, 0) is 39.0 Å². The first-order valence-corrected chi connectivity index (χ1v) is 6.44. The molecule has 1 amide bonds. The first-order chi connectivity index (χ1) is 9.95. The Bertz CT molecular complexity index is 538. The quantitative estimate of drug-likeness (QED) is 0.865. The molecule has 1 rings (SSSR count). The van der Waals surface area contributed by atoms with Crippen LogP contribution >= 0.6 is 0 Å². The lowest BCUT2D eigenvalue weighted by Gasteiger charge is -2.27. The molecule has 8 heteroatoms. The molecule has 22 heavy (non-hydrogen) atoms.